The van der Waals surface area contributed by atoms with Gasteiger partial charge in [0, 0.05) is 22.9 Å². The molecule has 4 rings (SSSR count). The molecule has 1 amide bonds. The van der Waals surface area contributed by atoms with Crippen molar-refractivity contribution in [2.24, 2.45) is 5.10 Å². The second kappa shape index (κ2) is 10.9. The summed E-state index contributed by atoms with van der Waals surface area (Å²) in [5, 5.41) is 24.1. The highest BCUT2D eigenvalue weighted by Crippen LogP contribution is 2.28. The Hall–Kier alpha value is -4.02. The van der Waals surface area contributed by atoms with Gasteiger partial charge in [-0.3, -0.25) is 19.5 Å². The Bertz CT molecular complexity index is 1390. The first-order valence-electron chi connectivity index (χ1n) is 10.4. The average Bonchev–Trinajstić information content (AvgIpc) is 3.28. The van der Waals surface area contributed by atoms with Gasteiger partial charge in [0.15, 0.2) is 11.0 Å². The van der Waals surface area contributed by atoms with E-state index in [-0.39, 0.29) is 22.4 Å². The number of amides is 1. The molecule has 176 valence electrons. The predicted octanol–water partition coefficient (Wildman–Crippen LogP) is 5.05. The summed E-state index contributed by atoms with van der Waals surface area (Å²) in [6, 6.07) is 21.9. The Morgan fingerprint density at radius 1 is 1.14 bits per heavy atom. The van der Waals surface area contributed by atoms with Crippen LogP contribution >= 0.6 is 23.4 Å². The standard InChI is InChI=1S/C24H19ClN6O3S/c1-16-7-10-19(11-8-16)30-23(18-5-3-2-4-6-18)28-29-24(30)35-15-22(32)27-26-14-17-9-12-20(25)21(13-17)31(33)34/h2-14H,15H2,1H3,(H,27,32)/b26-14+. The Labute approximate surface area is 210 Å². The molecule has 0 spiro atoms. The van der Waals surface area contributed by atoms with Crippen LogP contribution in [0.4, 0.5) is 5.69 Å². The van der Waals surface area contributed by atoms with Crippen LogP contribution in [0.25, 0.3) is 17.1 Å². The number of benzene rings is 3. The van der Waals surface area contributed by atoms with Gasteiger partial charge in [-0.2, -0.15) is 5.10 Å². The molecule has 0 aliphatic carbocycles. The molecule has 0 atom stereocenters. The van der Waals surface area contributed by atoms with E-state index < -0.39 is 4.92 Å². The SMILES string of the molecule is Cc1ccc(-n2c(SCC(=O)N/N=C/c3ccc(Cl)c([N+](=O)[O-])c3)nnc2-c2ccccc2)cc1. The van der Waals surface area contributed by atoms with Gasteiger partial charge in [0.05, 0.1) is 16.9 Å². The summed E-state index contributed by atoms with van der Waals surface area (Å²) in [7, 11) is 0. The lowest BCUT2D eigenvalue weighted by atomic mass is 10.2. The van der Waals surface area contributed by atoms with Gasteiger partial charge in [-0.05, 0) is 25.1 Å². The molecular weight excluding hydrogens is 488 g/mol. The van der Waals surface area contributed by atoms with E-state index >= 15 is 0 Å². The molecule has 1 aromatic heterocycles. The monoisotopic (exact) mass is 506 g/mol. The van der Waals surface area contributed by atoms with Gasteiger partial charge in [-0.25, -0.2) is 5.43 Å². The molecule has 0 unspecified atom stereocenters. The number of hydrazone groups is 1. The number of nitro benzene ring substituents is 1. The summed E-state index contributed by atoms with van der Waals surface area (Å²) < 4.78 is 1.91. The van der Waals surface area contributed by atoms with Crippen LogP contribution in [0.2, 0.25) is 5.02 Å². The van der Waals surface area contributed by atoms with Crippen molar-refractivity contribution in [3.63, 3.8) is 0 Å². The van der Waals surface area contributed by atoms with Gasteiger partial charge in [0.2, 0.25) is 0 Å². The third-order valence-corrected chi connectivity index (χ3v) is 6.11. The zero-order valence-corrected chi connectivity index (χ0v) is 20.0. The van der Waals surface area contributed by atoms with Gasteiger partial charge < -0.3 is 0 Å². The lowest BCUT2D eigenvalue weighted by Gasteiger charge is -2.10. The van der Waals surface area contributed by atoms with E-state index in [9.17, 15) is 14.9 Å². The fraction of sp³-hybridized carbons (Fsp3) is 0.0833. The lowest BCUT2D eigenvalue weighted by molar-refractivity contribution is -0.384. The van der Waals surface area contributed by atoms with Crippen molar-refractivity contribution in [2.75, 3.05) is 5.75 Å². The van der Waals surface area contributed by atoms with Crippen LogP contribution in [0, 0.1) is 17.0 Å². The zero-order valence-electron chi connectivity index (χ0n) is 18.5. The van der Waals surface area contributed by atoms with E-state index in [2.05, 4.69) is 20.7 Å². The fourth-order valence-corrected chi connectivity index (χ4v) is 4.09. The molecule has 0 saturated carbocycles. The second-order valence-electron chi connectivity index (χ2n) is 7.39. The molecule has 11 heteroatoms. The third kappa shape index (κ3) is 5.92. The molecule has 3 aromatic carbocycles. The molecular formula is C24H19ClN6O3S. The van der Waals surface area contributed by atoms with E-state index in [0.717, 1.165) is 16.8 Å². The first-order valence-corrected chi connectivity index (χ1v) is 11.8. The predicted molar refractivity (Wildman–Crippen MR) is 136 cm³/mol. The highest BCUT2D eigenvalue weighted by molar-refractivity contribution is 7.99. The maximum atomic E-state index is 12.4. The molecule has 0 aliphatic heterocycles. The van der Waals surface area contributed by atoms with E-state index in [1.165, 1.54) is 30.1 Å². The van der Waals surface area contributed by atoms with Crippen molar-refractivity contribution in [1.82, 2.24) is 20.2 Å². The number of carbonyl (C=O) groups excluding carboxylic acids is 1. The Morgan fingerprint density at radius 2 is 1.89 bits per heavy atom. The number of nitrogens with zero attached hydrogens (tertiary/aromatic N) is 5. The van der Waals surface area contributed by atoms with Crippen molar-refractivity contribution in [2.45, 2.75) is 12.1 Å². The molecule has 0 bridgehead atoms. The molecule has 1 heterocycles. The maximum absolute atomic E-state index is 12.4. The van der Waals surface area contributed by atoms with Gasteiger partial charge in [-0.15, -0.1) is 10.2 Å². The highest BCUT2D eigenvalue weighted by atomic mass is 35.5. The number of rotatable bonds is 8. The van der Waals surface area contributed by atoms with Crippen molar-refractivity contribution in [3.8, 4) is 17.1 Å². The molecule has 1 N–H and O–H groups in total. The summed E-state index contributed by atoms with van der Waals surface area (Å²) in [6.45, 7) is 2.01. The van der Waals surface area contributed by atoms with Crippen LogP contribution in [0.1, 0.15) is 11.1 Å². The minimum Gasteiger partial charge on any atom is -0.272 e. The molecule has 4 aromatic rings. The maximum Gasteiger partial charge on any atom is 0.288 e. The zero-order chi connectivity index (χ0) is 24.8. The van der Waals surface area contributed by atoms with Gasteiger partial charge in [0.25, 0.3) is 11.6 Å². The molecule has 9 nitrogen and oxygen atoms in total. The summed E-state index contributed by atoms with van der Waals surface area (Å²) in [5.74, 6) is 0.339. The highest BCUT2D eigenvalue weighted by Gasteiger charge is 2.17. The molecule has 0 fully saturated rings. The van der Waals surface area contributed by atoms with Crippen LogP contribution in [0.3, 0.4) is 0 Å². The first kappa shape index (κ1) is 24.1. The minimum atomic E-state index is -0.581. The number of carbonyl (C=O) groups is 1. The first-order chi connectivity index (χ1) is 16.9. The Kier molecular flexibility index (Phi) is 7.54. The van der Waals surface area contributed by atoms with Crippen molar-refractivity contribution < 1.29 is 9.72 Å². The summed E-state index contributed by atoms with van der Waals surface area (Å²) in [5.41, 5.74) is 5.52. The quantitative estimate of drug-likeness (QED) is 0.155. The molecule has 0 radical (unpaired) electrons. The van der Waals surface area contributed by atoms with E-state index in [0.29, 0.717) is 16.5 Å². The number of hydrogen-bond acceptors (Lipinski definition) is 7. The van der Waals surface area contributed by atoms with E-state index in [1.807, 2.05) is 66.1 Å². The van der Waals surface area contributed by atoms with Crippen molar-refractivity contribution in [3.05, 3.63) is 99.1 Å². The number of nitrogens with one attached hydrogen (secondary N) is 1. The smallest absolute Gasteiger partial charge is 0.272 e. The number of nitro groups is 1. The van der Waals surface area contributed by atoms with Crippen LogP contribution in [0.5, 0.6) is 0 Å². The Balaban J connectivity index is 1.48. The van der Waals surface area contributed by atoms with Crippen LogP contribution < -0.4 is 5.43 Å². The Morgan fingerprint density at radius 3 is 2.60 bits per heavy atom. The summed E-state index contributed by atoms with van der Waals surface area (Å²) in [4.78, 5) is 22.8. The average molecular weight is 507 g/mol. The number of aromatic nitrogens is 3. The van der Waals surface area contributed by atoms with Gasteiger partial charge in [0.1, 0.15) is 5.02 Å². The molecule has 0 saturated heterocycles. The number of halogens is 1. The van der Waals surface area contributed by atoms with Crippen LogP contribution in [-0.4, -0.2) is 37.6 Å². The van der Waals surface area contributed by atoms with Gasteiger partial charge in [-0.1, -0.05) is 77.5 Å². The van der Waals surface area contributed by atoms with E-state index in [4.69, 9.17) is 11.6 Å². The molecule has 0 aliphatic rings. The number of aryl methyl sites for hydroxylation is 1. The number of hydrogen-bond donors (Lipinski definition) is 1. The lowest BCUT2D eigenvalue weighted by Crippen LogP contribution is -2.20. The van der Waals surface area contributed by atoms with Crippen molar-refractivity contribution >= 4 is 41.2 Å². The summed E-state index contributed by atoms with van der Waals surface area (Å²) >= 11 is 7.03. The summed E-state index contributed by atoms with van der Waals surface area (Å²) in [6.07, 6.45) is 1.31. The topological polar surface area (TPSA) is 115 Å². The normalized spacial score (nSPS) is 11.0. The third-order valence-electron chi connectivity index (χ3n) is 4.86. The minimum absolute atomic E-state index is 0.0279. The number of thioether (sulfide) groups is 1. The van der Waals surface area contributed by atoms with Crippen molar-refractivity contribution in [1.29, 1.82) is 0 Å². The molecule has 35 heavy (non-hydrogen) atoms. The van der Waals surface area contributed by atoms with Gasteiger partial charge >= 0.3 is 0 Å². The fourth-order valence-electron chi connectivity index (χ4n) is 3.16. The van der Waals surface area contributed by atoms with Crippen LogP contribution in [0.15, 0.2) is 83.1 Å². The largest absolute Gasteiger partial charge is 0.288 e. The van der Waals surface area contributed by atoms with E-state index in [1.54, 1.807) is 6.07 Å². The second-order valence-corrected chi connectivity index (χ2v) is 8.74. The van der Waals surface area contributed by atoms with Crippen LogP contribution in [-0.2, 0) is 4.79 Å².